The molecule has 1 amide bonds. The molecule has 142 valence electrons. The van der Waals surface area contributed by atoms with Crippen LogP contribution in [0.1, 0.15) is 23.6 Å². The van der Waals surface area contributed by atoms with E-state index in [1.54, 1.807) is 13.0 Å². The number of carbonyl (C=O) groups excluding carboxylic acids is 1. The highest BCUT2D eigenvalue weighted by atomic mass is 19.4. The van der Waals surface area contributed by atoms with Gasteiger partial charge in [-0.05, 0) is 36.8 Å². The van der Waals surface area contributed by atoms with Gasteiger partial charge in [-0.1, -0.05) is 13.0 Å². The maximum atomic E-state index is 13.5. The molecule has 8 heteroatoms. The molecule has 1 N–H and O–H groups in total. The molecule has 0 aliphatic rings. The number of anilines is 1. The average Bonchev–Trinajstić information content (AvgIpc) is 2.61. The normalized spacial score (nSPS) is 12.2. The molecule has 0 saturated carbocycles. The molecule has 0 radical (unpaired) electrons. The quantitative estimate of drug-likeness (QED) is 0.767. The van der Waals surface area contributed by atoms with E-state index in [1.165, 1.54) is 31.2 Å². The van der Waals surface area contributed by atoms with Crippen LogP contribution in [0.2, 0.25) is 0 Å². The van der Waals surface area contributed by atoms with Crippen molar-refractivity contribution in [2.75, 3.05) is 11.9 Å². The largest absolute Gasteiger partial charge is 0.493 e. The Hall–Kier alpha value is -3.08. The third-order valence-corrected chi connectivity index (χ3v) is 3.80. The number of nitrogens with zero attached hydrogens (tertiary/aromatic N) is 1. The lowest BCUT2D eigenvalue weighted by molar-refractivity contribution is -0.137. The fourth-order valence-corrected chi connectivity index (χ4v) is 2.18. The Morgan fingerprint density at radius 3 is 2.56 bits per heavy atom. The maximum absolute atomic E-state index is 13.5. The van der Waals surface area contributed by atoms with E-state index in [0.29, 0.717) is 11.6 Å². The Kier molecular flexibility index (Phi) is 6.05. The molecular weight excluding hydrogens is 364 g/mol. The third kappa shape index (κ3) is 5.20. The Bertz CT molecular complexity index is 888. The van der Waals surface area contributed by atoms with Crippen molar-refractivity contribution in [2.24, 2.45) is 5.92 Å². The van der Waals surface area contributed by atoms with Crippen LogP contribution in [0.5, 0.6) is 5.75 Å². The van der Waals surface area contributed by atoms with E-state index in [1.807, 2.05) is 0 Å². The van der Waals surface area contributed by atoms with Gasteiger partial charge in [0.2, 0.25) is 5.91 Å². The zero-order valence-electron chi connectivity index (χ0n) is 14.5. The molecule has 27 heavy (non-hydrogen) atoms. The molecule has 0 bridgehead atoms. The van der Waals surface area contributed by atoms with Crippen LogP contribution in [0.15, 0.2) is 36.4 Å². The van der Waals surface area contributed by atoms with Crippen LogP contribution in [0, 0.1) is 30.0 Å². The van der Waals surface area contributed by atoms with Gasteiger partial charge in [-0.2, -0.15) is 18.4 Å². The Balaban J connectivity index is 2.03. The molecule has 4 nitrogen and oxygen atoms in total. The fraction of sp³-hybridized carbons (Fsp3) is 0.263. The SMILES string of the molecule is Cc1ccc(OC[C@@H](C)C(=O)Nc2ccc(C#N)c(C(F)(F)F)c2)cc1F. The molecule has 2 rings (SSSR count). The molecule has 2 aromatic rings. The third-order valence-electron chi connectivity index (χ3n) is 3.80. The predicted molar refractivity (Wildman–Crippen MR) is 90.6 cm³/mol. The van der Waals surface area contributed by atoms with Gasteiger partial charge in [-0.3, -0.25) is 4.79 Å². The summed E-state index contributed by atoms with van der Waals surface area (Å²) in [5, 5.41) is 11.1. The first-order valence-corrected chi connectivity index (χ1v) is 7.93. The van der Waals surface area contributed by atoms with Crippen LogP contribution in [0.4, 0.5) is 23.2 Å². The number of ether oxygens (including phenoxy) is 1. The predicted octanol–water partition coefficient (Wildman–Crippen LogP) is 4.68. The minimum atomic E-state index is -4.71. The van der Waals surface area contributed by atoms with E-state index < -0.39 is 34.9 Å². The molecule has 0 aliphatic carbocycles. The van der Waals surface area contributed by atoms with Gasteiger partial charge in [0.25, 0.3) is 0 Å². The zero-order chi connectivity index (χ0) is 20.2. The van der Waals surface area contributed by atoms with Crippen LogP contribution < -0.4 is 10.1 Å². The van der Waals surface area contributed by atoms with Crippen molar-refractivity contribution in [3.8, 4) is 11.8 Å². The van der Waals surface area contributed by atoms with Crippen LogP contribution >= 0.6 is 0 Å². The first-order valence-electron chi connectivity index (χ1n) is 7.93. The lowest BCUT2D eigenvalue weighted by atomic mass is 10.1. The summed E-state index contributed by atoms with van der Waals surface area (Å²) < 4.78 is 57.7. The molecule has 0 unspecified atom stereocenters. The highest BCUT2D eigenvalue weighted by Crippen LogP contribution is 2.33. The number of amides is 1. The van der Waals surface area contributed by atoms with Gasteiger partial charge in [0, 0.05) is 11.8 Å². The average molecular weight is 380 g/mol. The Morgan fingerprint density at radius 1 is 1.26 bits per heavy atom. The van der Waals surface area contributed by atoms with Crippen molar-refractivity contribution in [1.29, 1.82) is 5.26 Å². The second kappa shape index (κ2) is 8.08. The van der Waals surface area contributed by atoms with Crippen LogP contribution in [0.3, 0.4) is 0 Å². The zero-order valence-corrected chi connectivity index (χ0v) is 14.5. The lowest BCUT2D eigenvalue weighted by Crippen LogP contribution is -2.25. The standard InChI is InChI=1S/C19H16F4N2O2/c1-11-3-6-15(8-17(11)20)27-10-12(2)18(26)25-14-5-4-13(9-24)16(7-14)19(21,22)23/h3-8,12H,10H2,1-2H3,(H,25,26)/t12-/m1/s1. The van der Waals surface area contributed by atoms with Crippen molar-refractivity contribution >= 4 is 11.6 Å². The first-order chi connectivity index (χ1) is 12.6. The molecule has 1 atom stereocenters. The molecular formula is C19H16F4N2O2. The lowest BCUT2D eigenvalue weighted by Gasteiger charge is -2.15. The summed E-state index contributed by atoms with van der Waals surface area (Å²) in [7, 11) is 0. The van der Waals surface area contributed by atoms with Crippen molar-refractivity contribution in [1.82, 2.24) is 0 Å². The van der Waals surface area contributed by atoms with E-state index in [4.69, 9.17) is 10.00 Å². The Morgan fingerprint density at radius 2 is 1.96 bits per heavy atom. The first kappa shape index (κ1) is 20.2. The minimum Gasteiger partial charge on any atom is -0.493 e. The van der Waals surface area contributed by atoms with E-state index in [2.05, 4.69) is 5.32 Å². The summed E-state index contributed by atoms with van der Waals surface area (Å²) in [5.74, 6) is -1.47. The van der Waals surface area contributed by atoms with Gasteiger partial charge in [0.15, 0.2) is 0 Å². The summed E-state index contributed by atoms with van der Waals surface area (Å²) in [6.07, 6.45) is -4.71. The molecule has 0 saturated heterocycles. The monoisotopic (exact) mass is 380 g/mol. The van der Waals surface area contributed by atoms with Gasteiger partial charge >= 0.3 is 6.18 Å². The van der Waals surface area contributed by atoms with E-state index in [-0.39, 0.29) is 18.0 Å². The number of hydrogen-bond donors (Lipinski definition) is 1. The number of nitriles is 1. The molecule has 0 fully saturated rings. The van der Waals surface area contributed by atoms with Gasteiger partial charge < -0.3 is 10.1 Å². The summed E-state index contributed by atoms with van der Waals surface area (Å²) in [4.78, 5) is 12.2. The minimum absolute atomic E-state index is 0.0837. The Labute approximate surface area is 153 Å². The number of halogens is 4. The molecule has 0 spiro atoms. The number of hydrogen-bond acceptors (Lipinski definition) is 3. The highest BCUT2D eigenvalue weighted by Gasteiger charge is 2.34. The molecule has 2 aromatic carbocycles. The molecule has 0 heterocycles. The summed E-state index contributed by atoms with van der Waals surface area (Å²) in [5.41, 5.74) is -1.28. The van der Waals surface area contributed by atoms with Crippen LogP contribution in [-0.4, -0.2) is 12.5 Å². The smallest absolute Gasteiger partial charge is 0.417 e. The van der Waals surface area contributed by atoms with E-state index >= 15 is 0 Å². The van der Waals surface area contributed by atoms with Crippen LogP contribution in [-0.2, 0) is 11.0 Å². The van der Waals surface area contributed by atoms with Crippen molar-refractivity contribution in [3.05, 3.63) is 58.9 Å². The highest BCUT2D eigenvalue weighted by molar-refractivity contribution is 5.92. The fourth-order valence-electron chi connectivity index (χ4n) is 2.18. The number of alkyl halides is 3. The van der Waals surface area contributed by atoms with Crippen molar-refractivity contribution in [2.45, 2.75) is 20.0 Å². The second-order valence-electron chi connectivity index (χ2n) is 5.98. The van der Waals surface area contributed by atoms with Crippen molar-refractivity contribution < 1.29 is 27.1 Å². The van der Waals surface area contributed by atoms with Gasteiger partial charge in [0.05, 0.1) is 29.7 Å². The second-order valence-corrected chi connectivity index (χ2v) is 5.98. The summed E-state index contributed by atoms with van der Waals surface area (Å²) in [6.45, 7) is 3.03. The summed E-state index contributed by atoms with van der Waals surface area (Å²) >= 11 is 0. The topological polar surface area (TPSA) is 62.1 Å². The number of rotatable bonds is 5. The maximum Gasteiger partial charge on any atom is 0.417 e. The van der Waals surface area contributed by atoms with Crippen LogP contribution in [0.25, 0.3) is 0 Å². The van der Waals surface area contributed by atoms with Gasteiger partial charge in [-0.15, -0.1) is 0 Å². The number of nitrogens with one attached hydrogen (secondary N) is 1. The summed E-state index contributed by atoms with van der Waals surface area (Å²) in [6, 6.07) is 8.67. The number of benzene rings is 2. The van der Waals surface area contributed by atoms with E-state index in [9.17, 15) is 22.4 Å². The van der Waals surface area contributed by atoms with Gasteiger partial charge in [-0.25, -0.2) is 4.39 Å². The van der Waals surface area contributed by atoms with Crippen molar-refractivity contribution in [3.63, 3.8) is 0 Å². The van der Waals surface area contributed by atoms with Gasteiger partial charge in [0.1, 0.15) is 11.6 Å². The number of aryl methyl sites for hydroxylation is 1. The molecule has 0 aliphatic heterocycles. The number of carbonyl (C=O) groups is 1. The molecule has 0 aromatic heterocycles. The van der Waals surface area contributed by atoms with E-state index in [0.717, 1.165) is 6.07 Å².